The molecule has 0 atom stereocenters. The Hall–Kier alpha value is -1.42. The van der Waals surface area contributed by atoms with Gasteiger partial charge in [-0.25, -0.2) is 0 Å². The molecule has 0 aliphatic carbocycles. The van der Waals surface area contributed by atoms with Gasteiger partial charge in [-0.2, -0.15) is 5.10 Å². The molecule has 0 amide bonds. The Labute approximate surface area is 158 Å². The predicted molar refractivity (Wildman–Crippen MR) is 107 cm³/mol. The monoisotopic (exact) mass is 383 g/mol. The number of hydrazone groups is 1. The van der Waals surface area contributed by atoms with Crippen molar-refractivity contribution in [3.8, 4) is 0 Å². The van der Waals surface area contributed by atoms with Gasteiger partial charge in [-0.15, -0.1) is 0 Å². The van der Waals surface area contributed by atoms with E-state index in [2.05, 4.69) is 12.2 Å². The van der Waals surface area contributed by atoms with Crippen LogP contribution in [0.4, 0.5) is 11.4 Å². The highest BCUT2D eigenvalue weighted by Gasteiger charge is 2.12. The van der Waals surface area contributed by atoms with Crippen molar-refractivity contribution >= 4 is 51.9 Å². The number of hydrogen-bond acceptors (Lipinski definition) is 3. The van der Waals surface area contributed by atoms with E-state index in [1.165, 1.54) is 0 Å². The molecule has 2 rings (SSSR count). The van der Waals surface area contributed by atoms with Gasteiger partial charge in [-0.1, -0.05) is 41.7 Å². The first-order chi connectivity index (χ1) is 11.5. The minimum atomic E-state index is 0.615. The normalized spacial score (nSPS) is 11.5. The molecule has 0 aromatic heterocycles. The van der Waals surface area contributed by atoms with Gasteiger partial charge in [0.15, 0.2) is 0 Å². The van der Waals surface area contributed by atoms with Crippen molar-refractivity contribution in [1.29, 1.82) is 0 Å². The lowest BCUT2D eigenvalue weighted by Crippen LogP contribution is -2.20. The molecule has 0 unspecified atom stereocenters. The third kappa shape index (κ3) is 4.56. The van der Waals surface area contributed by atoms with Crippen LogP contribution in [0.3, 0.4) is 0 Å². The van der Waals surface area contributed by atoms with Crippen LogP contribution in [0.2, 0.25) is 15.1 Å². The summed E-state index contributed by atoms with van der Waals surface area (Å²) in [5.74, 6) is 0. The van der Waals surface area contributed by atoms with E-state index >= 15 is 0 Å². The lowest BCUT2D eigenvalue weighted by Gasteiger charge is -2.22. The van der Waals surface area contributed by atoms with Crippen LogP contribution in [-0.2, 0) is 0 Å². The van der Waals surface area contributed by atoms with Gasteiger partial charge < -0.3 is 5.32 Å². The second-order valence-electron chi connectivity index (χ2n) is 5.34. The molecule has 0 fully saturated rings. The summed E-state index contributed by atoms with van der Waals surface area (Å²) in [5, 5.41) is 11.7. The molecule has 1 N–H and O–H groups in total. The first-order valence-corrected chi connectivity index (χ1v) is 8.85. The highest BCUT2D eigenvalue weighted by atomic mass is 35.5. The third-order valence-corrected chi connectivity index (χ3v) is 4.32. The first-order valence-electron chi connectivity index (χ1n) is 7.71. The molecular formula is C18H20Cl3N3. The first kappa shape index (κ1) is 18.9. The summed E-state index contributed by atoms with van der Waals surface area (Å²) in [7, 11) is 1.87. The summed E-state index contributed by atoms with van der Waals surface area (Å²) in [6.45, 7) is 4.77. The summed E-state index contributed by atoms with van der Waals surface area (Å²) in [4.78, 5) is 0. The molecular weight excluding hydrogens is 365 g/mol. The Morgan fingerprint density at radius 2 is 1.75 bits per heavy atom. The van der Waals surface area contributed by atoms with Crippen LogP contribution in [0.1, 0.15) is 25.8 Å². The molecule has 0 aliphatic rings. The van der Waals surface area contributed by atoms with Crippen LogP contribution in [0.5, 0.6) is 0 Å². The third-order valence-electron chi connectivity index (χ3n) is 3.53. The molecule has 6 heteroatoms. The van der Waals surface area contributed by atoms with E-state index in [9.17, 15) is 0 Å². The molecule has 128 valence electrons. The smallest absolute Gasteiger partial charge is 0.0795 e. The Balaban J connectivity index is 2.47. The fourth-order valence-electron chi connectivity index (χ4n) is 2.39. The molecule has 2 aromatic carbocycles. The van der Waals surface area contributed by atoms with Crippen molar-refractivity contribution in [3.63, 3.8) is 0 Å². The lowest BCUT2D eigenvalue weighted by atomic mass is 10.1. The molecule has 0 saturated heterocycles. The van der Waals surface area contributed by atoms with E-state index in [4.69, 9.17) is 39.9 Å². The van der Waals surface area contributed by atoms with Crippen molar-refractivity contribution in [2.45, 2.75) is 20.3 Å². The molecule has 0 spiro atoms. The number of nitrogens with one attached hydrogen (secondary N) is 1. The highest BCUT2D eigenvalue weighted by molar-refractivity contribution is 6.35. The minimum absolute atomic E-state index is 0.615. The molecule has 0 radical (unpaired) electrons. The fourth-order valence-corrected chi connectivity index (χ4v) is 2.94. The van der Waals surface area contributed by atoms with Crippen LogP contribution < -0.4 is 10.3 Å². The summed E-state index contributed by atoms with van der Waals surface area (Å²) in [6, 6.07) is 11.1. The maximum Gasteiger partial charge on any atom is 0.0795 e. The van der Waals surface area contributed by atoms with Crippen molar-refractivity contribution in [2.24, 2.45) is 5.10 Å². The Morgan fingerprint density at radius 1 is 1.08 bits per heavy atom. The van der Waals surface area contributed by atoms with Gasteiger partial charge in [-0.3, -0.25) is 5.01 Å². The van der Waals surface area contributed by atoms with Gasteiger partial charge in [0.1, 0.15) is 0 Å². The zero-order chi connectivity index (χ0) is 17.7. The van der Waals surface area contributed by atoms with Gasteiger partial charge in [0.05, 0.1) is 16.4 Å². The number of benzene rings is 2. The van der Waals surface area contributed by atoms with E-state index in [1.54, 1.807) is 12.1 Å². The van der Waals surface area contributed by atoms with E-state index in [-0.39, 0.29) is 0 Å². The molecule has 24 heavy (non-hydrogen) atoms. The molecule has 0 saturated carbocycles. The SMILES string of the molecule is CCCN(/N=C(/C)c1cc(Cl)ccc1NC)c1cc(Cl)ccc1Cl. The highest BCUT2D eigenvalue weighted by Crippen LogP contribution is 2.30. The maximum absolute atomic E-state index is 6.34. The average molecular weight is 385 g/mol. The largest absolute Gasteiger partial charge is 0.388 e. The van der Waals surface area contributed by atoms with Gasteiger partial charge in [0, 0.05) is 34.9 Å². The maximum atomic E-state index is 6.34. The van der Waals surface area contributed by atoms with Crippen LogP contribution in [-0.4, -0.2) is 19.3 Å². The topological polar surface area (TPSA) is 27.6 Å². The standard InChI is InChI=1S/C18H20Cl3N3/c1-4-9-24(18-11-14(20)5-7-16(18)21)23-12(2)15-10-13(19)6-8-17(15)22-3/h5-8,10-11,22H,4,9H2,1-3H3/b23-12-. The van der Waals surface area contributed by atoms with Gasteiger partial charge in [0.2, 0.25) is 0 Å². The lowest BCUT2D eigenvalue weighted by molar-refractivity contribution is 0.806. The minimum Gasteiger partial charge on any atom is -0.388 e. The Morgan fingerprint density at radius 3 is 2.42 bits per heavy atom. The quantitative estimate of drug-likeness (QED) is 0.465. The van der Waals surface area contributed by atoms with Crippen molar-refractivity contribution < 1.29 is 0 Å². The van der Waals surface area contributed by atoms with Crippen LogP contribution in [0.15, 0.2) is 41.5 Å². The van der Waals surface area contributed by atoms with Crippen molar-refractivity contribution in [2.75, 3.05) is 23.9 Å². The van der Waals surface area contributed by atoms with E-state index in [0.717, 1.165) is 35.6 Å². The molecule has 0 aliphatic heterocycles. The van der Waals surface area contributed by atoms with Gasteiger partial charge in [0.25, 0.3) is 0 Å². The number of rotatable bonds is 6. The zero-order valence-corrected chi connectivity index (χ0v) is 16.2. The summed E-state index contributed by atoms with van der Waals surface area (Å²) < 4.78 is 0. The van der Waals surface area contributed by atoms with Gasteiger partial charge in [-0.05, 0) is 49.7 Å². The van der Waals surface area contributed by atoms with E-state index in [0.29, 0.717) is 15.1 Å². The van der Waals surface area contributed by atoms with Gasteiger partial charge >= 0.3 is 0 Å². The van der Waals surface area contributed by atoms with Crippen LogP contribution >= 0.6 is 34.8 Å². The number of anilines is 2. The zero-order valence-electron chi connectivity index (χ0n) is 13.9. The van der Waals surface area contributed by atoms with E-state index in [1.807, 2.05) is 43.2 Å². The second kappa shape index (κ2) is 8.61. The molecule has 0 bridgehead atoms. The number of halogens is 3. The van der Waals surface area contributed by atoms with E-state index < -0.39 is 0 Å². The summed E-state index contributed by atoms with van der Waals surface area (Å²) in [6.07, 6.45) is 0.925. The summed E-state index contributed by atoms with van der Waals surface area (Å²) in [5.41, 5.74) is 3.54. The second-order valence-corrected chi connectivity index (χ2v) is 6.62. The Bertz CT molecular complexity index is 744. The average Bonchev–Trinajstić information content (AvgIpc) is 2.56. The van der Waals surface area contributed by atoms with Crippen LogP contribution in [0, 0.1) is 0 Å². The summed E-state index contributed by atoms with van der Waals surface area (Å²) >= 11 is 18.6. The number of hydrogen-bond donors (Lipinski definition) is 1. The van der Waals surface area contributed by atoms with Crippen molar-refractivity contribution in [1.82, 2.24) is 0 Å². The molecule has 3 nitrogen and oxygen atoms in total. The Kier molecular flexibility index (Phi) is 6.79. The molecule has 0 heterocycles. The predicted octanol–water partition coefficient (Wildman–Crippen LogP) is 6.33. The molecule has 2 aromatic rings. The van der Waals surface area contributed by atoms with Crippen molar-refractivity contribution in [3.05, 3.63) is 57.0 Å². The van der Waals surface area contributed by atoms with Crippen LogP contribution in [0.25, 0.3) is 0 Å². The number of nitrogens with zero attached hydrogens (tertiary/aromatic N) is 2. The fraction of sp³-hybridized carbons (Fsp3) is 0.278.